The number of anilines is 1. The maximum Gasteiger partial charge on any atom is 0.137 e. The van der Waals surface area contributed by atoms with Crippen LogP contribution in [0.4, 0.5) is 5.82 Å². The summed E-state index contributed by atoms with van der Waals surface area (Å²) in [6.07, 6.45) is 5.02. The standard InChI is InChI=1S/C15H24ClN3/c1-10-5-7-11(8-6-10)17-13-9-12(16)18-14(19-13)15(2,3)4/h9-11H,5-8H2,1-4H3,(H,17,18,19). The van der Waals surface area contributed by atoms with Gasteiger partial charge in [-0.25, -0.2) is 9.97 Å². The first-order valence-electron chi connectivity index (χ1n) is 7.16. The van der Waals surface area contributed by atoms with E-state index in [-0.39, 0.29) is 5.41 Å². The summed E-state index contributed by atoms with van der Waals surface area (Å²) in [5, 5.41) is 4.04. The van der Waals surface area contributed by atoms with Gasteiger partial charge in [0.05, 0.1) is 0 Å². The van der Waals surface area contributed by atoms with Crippen molar-refractivity contribution in [1.82, 2.24) is 9.97 Å². The molecule has 1 aromatic rings. The Hall–Kier alpha value is -0.830. The molecule has 0 atom stereocenters. The molecule has 1 aromatic heterocycles. The van der Waals surface area contributed by atoms with Crippen molar-refractivity contribution in [2.45, 2.75) is 64.8 Å². The van der Waals surface area contributed by atoms with Gasteiger partial charge in [0, 0.05) is 17.5 Å². The Kier molecular flexibility index (Phi) is 4.34. The molecule has 2 rings (SSSR count). The fourth-order valence-electron chi connectivity index (χ4n) is 2.44. The van der Waals surface area contributed by atoms with Gasteiger partial charge in [0.2, 0.25) is 0 Å². The topological polar surface area (TPSA) is 37.8 Å². The molecule has 1 saturated carbocycles. The molecule has 1 N–H and O–H groups in total. The van der Waals surface area contributed by atoms with E-state index >= 15 is 0 Å². The van der Waals surface area contributed by atoms with Crippen LogP contribution in [0.15, 0.2) is 6.07 Å². The summed E-state index contributed by atoms with van der Waals surface area (Å²) in [5.74, 6) is 2.52. The van der Waals surface area contributed by atoms with Crippen LogP contribution in [0.2, 0.25) is 5.15 Å². The monoisotopic (exact) mass is 281 g/mol. The zero-order valence-electron chi connectivity index (χ0n) is 12.3. The molecule has 0 spiro atoms. The maximum atomic E-state index is 6.11. The van der Waals surface area contributed by atoms with Crippen LogP contribution < -0.4 is 5.32 Å². The molecule has 0 amide bonds. The molecule has 3 nitrogen and oxygen atoms in total. The summed E-state index contributed by atoms with van der Waals surface area (Å²) < 4.78 is 0. The minimum absolute atomic E-state index is 0.0809. The summed E-state index contributed by atoms with van der Waals surface area (Å²) >= 11 is 6.11. The molecular weight excluding hydrogens is 258 g/mol. The average molecular weight is 282 g/mol. The van der Waals surface area contributed by atoms with Crippen molar-refractivity contribution in [1.29, 1.82) is 0 Å². The highest BCUT2D eigenvalue weighted by Gasteiger charge is 2.21. The minimum atomic E-state index is -0.0809. The predicted molar refractivity (Wildman–Crippen MR) is 80.8 cm³/mol. The molecule has 0 unspecified atom stereocenters. The fourth-order valence-corrected chi connectivity index (χ4v) is 2.62. The fraction of sp³-hybridized carbons (Fsp3) is 0.733. The summed E-state index contributed by atoms with van der Waals surface area (Å²) in [5.41, 5.74) is -0.0809. The third kappa shape index (κ3) is 4.07. The van der Waals surface area contributed by atoms with E-state index < -0.39 is 0 Å². The van der Waals surface area contributed by atoms with E-state index in [1.165, 1.54) is 25.7 Å². The average Bonchev–Trinajstić information content (AvgIpc) is 2.30. The molecule has 1 heterocycles. The third-order valence-corrected chi connectivity index (χ3v) is 3.93. The Morgan fingerprint density at radius 3 is 2.37 bits per heavy atom. The van der Waals surface area contributed by atoms with Gasteiger partial charge in [-0.3, -0.25) is 0 Å². The van der Waals surface area contributed by atoms with Crippen LogP contribution in [-0.2, 0) is 5.41 Å². The van der Waals surface area contributed by atoms with E-state index in [4.69, 9.17) is 11.6 Å². The normalized spacial score (nSPS) is 24.3. The lowest BCUT2D eigenvalue weighted by atomic mass is 9.87. The first-order chi connectivity index (χ1) is 8.84. The van der Waals surface area contributed by atoms with E-state index in [0.29, 0.717) is 11.2 Å². The molecule has 0 aromatic carbocycles. The largest absolute Gasteiger partial charge is 0.367 e. The number of hydrogen-bond donors (Lipinski definition) is 1. The second-order valence-corrected chi connectivity index (χ2v) is 7.14. The van der Waals surface area contributed by atoms with Gasteiger partial charge in [-0.05, 0) is 31.6 Å². The Bertz CT molecular complexity index is 432. The lowest BCUT2D eigenvalue weighted by Gasteiger charge is -2.27. The minimum Gasteiger partial charge on any atom is -0.367 e. The molecule has 1 aliphatic rings. The van der Waals surface area contributed by atoms with Crippen LogP contribution in [-0.4, -0.2) is 16.0 Å². The Labute approximate surface area is 121 Å². The number of rotatable bonds is 2. The number of halogens is 1. The molecule has 0 radical (unpaired) electrons. The van der Waals surface area contributed by atoms with E-state index in [2.05, 4.69) is 43.0 Å². The van der Waals surface area contributed by atoms with Gasteiger partial charge in [-0.2, -0.15) is 0 Å². The van der Waals surface area contributed by atoms with E-state index in [9.17, 15) is 0 Å². The molecule has 1 fully saturated rings. The smallest absolute Gasteiger partial charge is 0.137 e. The molecule has 4 heteroatoms. The summed E-state index contributed by atoms with van der Waals surface area (Å²) in [6, 6.07) is 2.35. The van der Waals surface area contributed by atoms with Gasteiger partial charge in [-0.1, -0.05) is 39.3 Å². The molecule has 0 bridgehead atoms. The van der Waals surface area contributed by atoms with Gasteiger partial charge in [0.25, 0.3) is 0 Å². The lowest BCUT2D eigenvalue weighted by molar-refractivity contribution is 0.360. The van der Waals surface area contributed by atoms with Gasteiger partial charge in [0.1, 0.15) is 16.8 Å². The van der Waals surface area contributed by atoms with Crippen LogP contribution in [0.5, 0.6) is 0 Å². The second kappa shape index (κ2) is 5.66. The van der Waals surface area contributed by atoms with Crippen molar-refractivity contribution in [3.63, 3.8) is 0 Å². The maximum absolute atomic E-state index is 6.11. The van der Waals surface area contributed by atoms with E-state index in [0.717, 1.165) is 17.6 Å². The molecule has 19 heavy (non-hydrogen) atoms. The van der Waals surface area contributed by atoms with Crippen molar-refractivity contribution < 1.29 is 0 Å². The lowest BCUT2D eigenvalue weighted by Crippen LogP contribution is -2.26. The summed E-state index contributed by atoms with van der Waals surface area (Å²) in [7, 11) is 0. The van der Waals surface area contributed by atoms with Crippen molar-refractivity contribution in [3.8, 4) is 0 Å². The van der Waals surface area contributed by atoms with E-state index in [1.807, 2.05) is 6.07 Å². The van der Waals surface area contributed by atoms with Crippen molar-refractivity contribution >= 4 is 17.4 Å². The second-order valence-electron chi connectivity index (χ2n) is 6.75. The number of aromatic nitrogens is 2. The first-order valence-corrected chi connectivity index (χ1v) is 7.54. The SMILES string of the molecule is CC1CCC(Nc2cc(Cl)nc(C(C)(C)C)n2)CC1. The van der Waals surface area contributed by atoms with Crippen LogP contribution in [0.25, 0.3) is 0 Å². The molecular formula is C15H24ClN3. The quantitative estimate of drug-likeness (QED) is 0.816. The Balaban J connectivity index is 2.10. The van der Waals surface area contributed by atoms with Crippen LogP contribution in [0.1, 0.15) is 59.2 Å². The van der Waals surface area contributed by atoms with Crippen LogP contribution >= 0.6 is 11.6 Å². The van der Waals surface area contributed by atoms with Crippen molar-refractivity contribution in [3.05, 3.63) is 17.0 Å². The molecule has 0 saturated heterocycles. The number of hydrogen-bond acceptors (Lipinski definition) is 3. The first kappa shape index (κ1) is 14.6. The van der Waals surface area contributed by atoms with Crippen LogP contribution in [0, 0.1) is 5.92 Å². The number of nitrogens with one attached hydrogen (secondary N) is 1. The zero-order valence-corrected chi connectivity index (χ0v) is 13.1. The van der Waals surface area contributed by atoms with Crippen LogP contribution in [0.3, 0.4) is 0 Å². The molecule has 106 valence electrons. The van der Waals surface area contributed by atoms with Gasteiger partial charge >= 0.3 is 0 Å². The predicted octanol–water partition coefficient (Wildman–Crippen LogP) is 4.42. The van der Waals surface area contributed by atoms with Crippen molar-refractivity contribution in [2.24, 2.45) is 5.92 Å². The highest BCUT2D eigenvalue weighted by atomic mass is 35.5. The summed E-state index contributed by atoms with van der Waals surface area (Å²) in [4.78, 5) is 8.94. The Morgan fingerprint density at radius 1 is 1.16 bits per heavy atom. The summed E-state index contributed by atoms with van der Waals surface area (Å²) in [6.45, 7) is 8.63. The van der Waals surface area contributed by atoms with E-state index in [1.54, 1.807) is 0 Å². The molecule has 0 aliphatic heterocycles. The highest BCUT2D eigenvalue weighted by Crippen LogP contribution is 2.27. The zero-order chi connectivity index (χ0) is 14.0. The number of nitrogens with zero attached hydrogens (tertiary/aromatic N) is 2. The van der Waals surface area contributed by atoms with Gasteiger partial charge in [-0.15, -0.1) is 0 Å². The molecule has 1 aliphatic carbocycles. The van der Waals surface area contributed by atoms with Gasteiger partial charge < -0.3 is 5.32 Å². The van der Waals surface area contributed by atoms with Crippen molar-refractivity contribution in [2.75, 3.05) is 5.32 Å². The highest BCUT2D eigenvalue weighted by molar-refractivity contribution is 6.29. The third-order valence-electron chi connectivity index (χ3n) is 3.73. The van der Waals surface area contributed by atoms with Gasteiger partial charge in [0.15, 0.2) is 0 Å². The Morgan fingerprint density at radius 2 is 1.79 bits per heavy atom.